The average Bonchev–Trinajstić information content (AvgIpc) is 2.67. The Labute approximate surface area is 81.6 Å². The first-order valence-electron chi connectivity index (χ1n) is 4.59. The van der Waals surface area contributed by atoms with Gasteiger partial charge >= 0.3 is 0 Å². The van der Waals surface area contributed by atoms with Gasteiger partial charge in [-0.2, -0.15) is 0 Å². The van der Waals surface area contributed by atoms with Crippen molar-refractivity contribution in [1.29, 1.82) is 0 Å². The first-order valence-corrected chi connectivity index (χ1v) is 4.59. The van der Waals surface area contributed by atoms with Crippen LogP contribution in [0.1, 0.15) is 18.7 Å². The normalized spacial score (nSPS) is 18.2. The van der Waals surface area contributed by atoms with Gasteiger partial charge in [0.05, 0.1) is 41.8 Å². The van der Waals surface area contributed by atoms with E-state index in [4.69, 9.17) is 0 Å². The topological polar surface area (TPSA) is 42.7 Å². The number of hydrogen-bond acceptors (Lipinski definition) is 3. The molecule has 0 spiro atoms. The number of pyridine rings is 1. The summed E-state index contributed by atoms with van der Waals surface area (Å²) in [6, 6.07) is 2.27. The van der Waals surface area contributed by atoms with E-state index in [1.807, 2.05) is 24.8 Å². The SMILES string of the molecule is C[C@@H]1Nc2cnccc2-n2cncc21. The molecule has 3 rings (SSSR count). The number of imidazole rings is 1. The Kier molecular flexibility index (Phi) is 1.39. The van der Waals surface area contributed by atoms with Gasteiger partial charge in [-0.15, -0.1) is 0 Å². The highest BCUT2D eigenvalue weighted by Crippen LogP contribution is 2.31. The van der Waals surface area contributed by atoms with E-state index in [0.29, 0.717) is 0 Å². The molecule has 1 aliphatic rings. The highest BCUT2D eigenvalue weighted by molar-refractivity contribution is 5.63. The maximum atomic E-state index is 4.16. The predicted molar refractivity (Wildman–Crippen MR) is 53.4 cm³/mol. The molecule has 0 bridgehead atoms. The zero-order valence-corrected chi connectivity index (χ0v) is 7.81. The van der Waals surface area contributed by atoms with Crippen molar-refractivity contribution in [3.05, 3.63) is 36.7 Å². The number of nitrogens with zero attached hydrogens (tertiary/aromatic N) is 3. The van der Waals surface area contributed by atoms with Crippen molar-refractivity contribution < 1.29 is 0 Å². The number of aromatic nitrogens is 3. The van der Waals surface area contributed by atoms with Gasteiger partial charge in [-0.25, -0.2) is 4.98 Å². The molecule has 0 fully saturated rings. The molecule has 4 heteroatoms. The van der Waals surface area contributed by atoms with E-state index in [9.17, 15) is 0 Å². The average molecular weight is 186 g/mol. The summed E-state index contributed by atoms with van der Waals surface area (Å²) >= 11 is 0. The molecule has 2 aromatic rings. The van der Waals surface area contributed by atoms with Crippen LogP contribution in [-0.2, 0) is 0 Å². The Morgan fingerprint density at radius 1 is 1.36 bits per heavy atom. The summed E-state index contributed by atoms with van der Waals surface area (Å²) in [6.45, 7) is 2.11. The molecule has 0 radical (unpaired) electrons. The van der Waals surface area contributed by atoms with E-state index in [1.165, 1.54) is 5.69 Å². The molecular weight excluding hydrogens is 176 g/mol. The third-order valence-corrected chi connectivity index (χ3v) is 2.54. The minimum Gasteiger partial charge on any atom is -0.374 e. The van der Waals surface area contributed by atoms with Crippen molar-refractivity contribution in [2.75, 3.05) is 5.32 Å². The summed E-state index contributed by atoms with van der Waals surface area (Å²) in [5.74, 6) is 0. The quantitative estimate of drug-likeness (QED) is 0.681. The maximum absolute atomic E-state index is 4.16. The maximum Gasteiger partial charge on any atom is 0.0995 e. The van der Waals surface area contributed by atoms with Crippen molar-refractivity contribution in [3.8, 4) is 5.69 Å². The molecule has 1 atom stereocenters. The molecule has 0 saturated carbocycles. The minimum atomic E-state index is 0.286. The van der Waals surface area contributed by atoms with Crippen molar-refractivity contribution in [2.45, 2.75) is 13.0 Å². The molecule has 2 aromatic heterocycles. The van der Waals surface area contributed by atoms with Crippen LogP contribution in [0.25, 0.3) is 5.69 Å². The molecule has 1 N–H and O–H groups in total. The van der Waals surface area contributed by atoms with Crippen molar-refractivity contribution >= 4 is 5.69 Å². The first-order chi connectivity index (χ1) is 6.86. The molecule has 70 valence electrons. The molecule has 14 heavy (non-hydrogen) atoms. The second kappa shape index (κ2) is 2.57. The summed E-state index contributed by atoms with van der Waals surface area (Å²) in [5.41, 5.74) is 3.36. The van der Waals surface area contributed by atoms with Crippen LogP contribution < -0.4 is 5.32 Å². The Hall–Kier alpha value is -1.84. The number of rotatable bonds is 0. The zero-order chi connectivity index (χ0) is 9.54. The molecular formula is C10H10N4. The molecule has 0 unspecified atom stereocenters. The number of fused-ring (bicyclic) bond motifs is 3. The van der Waals surface area contributed by atoms with Crippen LogP contribution in [-0.4, -0.2) is 14.5 Å². The summed E-state index contributed by atoms with van der Waals surface area (Å²) in [4.78, 5) is 8.25. The standard InChI is InChI=1S/C10H10N4/c1-7-10-5-12-6-14(10)9-2-3-11-4-8(9)13-7/h2-7,13H,1H3/t7-/m0/s1. The van der Waals surface area contributed by atoms with Crippen LogP contribution in [0.15, 0.2) is 31.0 Å². The molecule has 0 saturated heterocycles. The molecule has 1 aliphatic heterocycles. The summed E-state index contributed by atoms with van der Waals surface area (Å²) < 4.78 is 2.10. The predicted octanol–water partition coefficient (Wildman–Crippen LogP) is 1.75. The van der Waals surface area contributed by atoms with Crippen LogP contribution in [0.4, 0.5) is 5.69 Å². The van der Waals surface area contributed by atoms with E-state index >= 15 is 0 Å². The van der Waals surface area contributed by atoms with E-state index < -0.39 is 0 Å². The fourth-order valence-corrected chi connectivity index (χ4v) is 1.84. The van der Waals surface area contributed by atoms with E-state index in [2.05, 4.69) is 26.8 Å². The van der Waals surface area contributed by atoms with Crippen molar-refractivity contribution in [1.82, 2.24) is 14.5 Å². The van der Waals surface area contributed by atoms with E-state index in [-0.39, 0.29) is 6.04 Å². The third kappa shape index (κ3) is 0.878. The molecule has 0 aliphatic carbocycles. The lowest BCUT2D eigenvalue weighted by Gasteiger charge is -2.25. The smallest absolute Gasteiger partial charge is 0.0995 e. The lowest BCUT2D eigenvalue weighted by molar-refractivity contribution is 0.771. The Balaban J connectivity index is 2.29. The number of anilines is 1. The Morgan fingerprint density at radius 3 is 3.21 bits per heavy atom. The zero-order valence-electron chi connectivity index (χ0n) is 7.81. The van der Waals surface area contributed by atoms with Gasteiger partial charge in [-0.1, -0.05) is 0 Å². The van der Waals surface area contributed by atoms with Crippen LogP contribution in [0.2, 0.25) is 0 Å². The molecule has 0 aromatic carbocycles. The second-order valence-electron chi connectivity index (χ2n) is 3.45. The lowest BCUT2D eigenvalue weighted by Crippen LogP contribution is -2.18. The summed E-state index contributed by atoms with van der Waals surface area (Å²) in [5, 5.41) is 3.38. The van der Waals surface area contributed by atoms with Gasteiger partial charge in [0.25, 0.3) is 0 Å². The fraction of sp³-hybridized carbons (Fsp3) is 0.200. The monoisotopic (exact) mass is 186 g/mol. The largest absolute Gasteiger partial charge is 0.374 e. The van der Waals surface area contributed by atoms with Gasteiger partial charge in [-0.05, 0) is 13.0 Å². The van der Waals surface area contributed by atoms with Crippen LogP contribution in [0.3, 0.4) is 0 Å². The van der Waals surface area contributed by atoms with Gasteiger partial charge in [0.2, 0.25) is 0 Å². The molecule has 0 amide bonds. The lowest BCUT2D eigenvalue weighted by atomic mass is 10.1. The van der Waals surface area contributed by atoms with Gasteiger partial charge in [0.1, 0.15) is 0 Å². The van der Waals surface area contributed by atoms with E-state index in [1.54, 1.807) is 6.20 Å². The molecule has 3 heterocycles. The van der Waals surface area contributed by atoms with E-state index in [0.717, 1.165) is 11.4 Å². The Bertz CT molecular complexity index is 474. The molecule has 4 nitrogen and oxygen atoms in total. The third-order valence-electron chi connectivity index (χ3n) is 2.54. The van der Waals surface area contributed by atoms with Crippen molar-refractivity contribution in [2.24, 2.45) is 0 Å². The fourth-order valence-electron chi connectivity index (χ4n) is 1.84. The number of nitrogens with one attached hydrogen (secondary N) is 1. The highest BCUT2D eigenvalue weighted by Gasteiger charge is 2.20. The van der Waals surface area contributed by atoms with Crippen LogP contribution in [0, 0.1) is 0 Å². The summed E-state index contributed by atoms with van der Waals surface area (Å²) in [7, 11) is 0. The first kappa shape index (κ1) is 7.55. The van der Waals surface area contributed by atoms with Gasteiger partial charge < -0.3 is 5.32 Å². The summed E-state index contributed by atoms with van der Waals surface area (Å²) in [6.07, 6.45) is 7.36. The number of hydrogen-bond donors (Lipinski definition) is 1. The van der Waals surface area contributed by atoms with Gasteiger partial charge in [-0.3, -0.25) is 9.55 Å². The van der Waals surface area contributed by atoms with Gasteiger partial charge in [0, 0.05) is 6.20 Å². The van der Waals surface area contributed by atoms with Crippen LogP contribution >= 0.6 is 0 Å². The van der Waals surface area contributed by atoms with Crippen LogP contribution in [0.5, 0.6) is 0 Å². The second-order valence-corrected chi connectivity index (χ2v) is 3.45. The minimum absolute atomic E-state index is 0.286. The van der Waals surface area contributed by atoms with Gasteiger partial charge in [0.15, 0.2) is 0 Å². The van der Waals surface area contributed by atoms with Crippen molar-refractivity contribution in [3.63, 3.8) is 0 Å². The Morgan fingerprint density at radius 2 is 2.29 bits per heavy atom. The highest BCUT2D eigenvalue weighted by atomic mass is 15.1.